The van der Waals surface area contributed by atoms with Gasteiger partial charge in [0.1, 0.15) is 0 Å². The van der Waals surface area contributed by atoms with Gasteiger partial charge in [0.15, 0.2) is 0 Å². The number of rotatable bonds is 6. The molecule has 0 aliphatic carbocycles. The van der Waals surface area contributed by atoms with E-state index in [0.29, 0.717) is 18.3 Å². The molecule has 2 amide bonds. The molecule has 1 saturated heterocycles. The standard InChI is InChI=1S/C16H24N4O3/c1-13-5-2-3-11-19(13)12-4-10-17-16(21)18-14-6-8-15(9-7-14)20(22)23/h6-9,13H,2-5,10-12H2,1H3,(H2,17,18,21). The first kappa shape index (κ1) is 17.2. The van der Waals surface area contributed by atoms with E-state index in [1.165, 1.54) is 43.5 Å². The lowest BCUT2D eigenvalue weighted by Gasteiger charge is -2.33. The lowest BCUT2D eigenvalue weighted by molar-refractivity contribution is -0.384. The summed E-state index contributed by atoms with van der Waals surface area (Å²) in [7, 11) is 0. The van der Waals surface area contributed by atoms with Crippen molar-refractivity contribution in [3.05, 3.63) is 34.4 Å². The summed E-state index contributed by atoms with van der Waals surface area (Å²) in [5, 5.41) is 16.0. The zero-order valence-electron chi connectivity index (χ0n) is 13.5. The Balaban J connectivity index is 1.65. The lowest BCUT2D eigenvalue weighted by atomic mass is 10.0. The number of nitrogens with zero attached hydrogens (tertiary/aromatic N) is 2. The van der Waals surface area contributed by atoms with Crippen molar-refractivity contribution in [2.24, 2.45) is 0 Å². The second kappa shape index (κ2) is 8.47. The Labute approximate surface area is 136 Å². The summed E-state index contributed by atoms with van der Waals surface area (Å²) in [6.07, 6.45) is 4.75. The van der Waals surface area contributed by atoms with Crippen LogP contribution < -0.4 is 10.6 Å². The van der Waals surface area contributed by atoms with Crippen molar-refractivity contribution in [3.8, 4) is 0 Å². The van der Waals surface area contributed by atoms with E-state index in [2.05, 4.69) is 22.5 Å². The molecule has 1 aromatic carbocycles. The van der Waals surface area contributed by atoms with E-state index in [9.17, 15) is 14.9 Å². The minimum Gasteiger partial charge on any atom is -0.338 e. The van der Waals surface area contributed by atoms with Gasteiger partial charge in [-0.25, -0.2) is 4.79 Å². The number of piperidine rings is 1. The predicted molar refractivity (Wildman–Crippen MR) is 89.6 cm³/mol. The quantitative estimate of drug-likeness (QED) is 0.479. The normalized spacial score (nSPS) is 18.4. The van der Waals surface area contributed by atoms with Gasteiger partial charge in [-0.05, 0) is 44.9 Å². The molecule has 0 radical (unpaired) electrons. The number of benzene rings is 1. The number of amides is 2. The van der Waals surface area contributed by atoms with Crippen LogP contribution in [0.25, 0.3) is 0 Å². The molecule has 23 heavy (non-hydrogen) atoms. The molecule has 1 aliphatic heterocycles. The number of anilines is 1. The van der Waals surface area contributed by atoms with E-state index in [-0.39, 0.29) is 11.7 Å². The van der Waals surface area contributed by atoms with Gasteiger partial charge < -0.3 is 15.5 Å². The van der Waals surface area contributed by atoms with Gasteiger partial charge in [0.2, 0.25) is 0 Å². The highest BCUT2D eigenvalue weighted by Crippen LogP contribution is 2.16. The summed E-state index contributed by atoms with van der Waals surface area (Å²) in [6.45, 7) is 5.02. The van der Waals surface area contributed by atoms with Crippen molar-refractivity contribution in [3.63, 3.8) is 0 Å². The van der Waals surface area contributed by atoms with Gasteiger partial charge in [-0.2, -0.15) is 0 Å². The van der Waals surface area contributed by atoms with E-state index in [4.69, 9.17) is 0 Å². The van der Waals surface area contributed by atoms with Crippen LogP contribution in [-0.4, -0.2) is 41.5 Å². The largest absolute Gasteiger partial charge is 0.338 e. The smallest absolute Gasteiger partial charge is 0.319 e. The van der Waals surface area contributed by atoms with Crippen molar-refractivity contribution < 1.29 is 9.72 Å². The van der Waals surface area contributed by atoms with Gasteiger partial charge >= 0.3 is 6.03 Å². The Hall–Kier alpha value is -2.15. The molecule has 0 bridgehead atoms. The van der Waals surface area contributed by atoms with Crippen LogP contribution in [0, 0.1) is 10.1 Å². The molecule has 1 heterocycles. The Morgan fingerprint density at radius 2 is 2.09 bits per heavy atom. The number of hydrogen-bond acceptors (Lipinski definition) is 4. The van der Waals surface area contributed by atoms with Crippen LogP contribution in [0.1, 0.15) is 32.6 Å². The molecular weight excluding hydrogens is 296 g/mol. The van der Waals surface area contributed by atoms with Crippen molar-refractivity contribution in [1.82, 2.24) is 10.2 Å². The zero-order valence-corrected chi connectivity index (χ0v) is 13.5. The number of likely N-dealkylation sites (tertiary alicyclic amines) is 1. The van der Waals surface area contributed by atoms with Gasteiger partial charge in [-0.3, -0.25) is 10.1 Å². The van der Waals surface area contributed by atoms with Crippen LogP contribution in [0.4, 0.5) is 16.2 Å². The first-order valence-corrected chi connectivity index (χ1v) is 8.09. The number of non-ortho nitro benzene ring substituents is 1. The molecule has 1 fully saturated rings. The topological polar surface area (TPSA) is 87.5 Å². The first-order valence-electron chi connectivity index (χ1n) is 8.09. The number of nitro groups is 1. The molecule has 126 valence electrons. The first-order chi connectivity index (χ1) is 11.1. The highest BCUT2D eigenvalue weighted by Gasteiger charge is 2.17. The summed E-state index contributed by atoms with van der Waals surface area (Å²) < 4.78 is 0. The number of nitrogens with one attached hydrogen (secondary N) is 2. The summed E-state index contributed by atoms with van der Waals surface area (Å²) in [5.74, 6) is 0. The van der Waals surface area contributed by atoms with Crippen molar-refractivity contribution >= 4 is 17.4 Å². The van der Waals surface area contributed by atoms with Gasteiger partial charge in [0.25, 0.3) is 5.69 Å². The van der Waals surface area contributed by atoms with Crippen LogP contribution >= 0.6 is 0 Å². The van der Waals surface area contributed by atoms with Crippen molar-refractivity contribution in [1.29, 1.82) is 0 Å². The molecular formula is C16H24N4O3. The summed E-state index contributed by atoms with van der Waals surface area (Å²) in [5.41, 5.74) is 0.546. The fourth-order valence-corrected chi connectivity index (χ4v) is 2.82. The number of carbonyl (C=O) groups is 1. The molecule has 0 aromatic heterocycles. The second-order valence-corrected chi connectivity index (χ2v) is 5.92. The average molecular weight is 320 g/mol. The third-order valence-electron chi connectivity index (χ3n) is 4.18. The molecule has 7 nitrogen and oxygen atoms in total. The molecule has 0 spiro atoms. The average Bonchev–Trinajstić information content (AvgIpc) is 2.53. The Morgan fingerprint density at radius 3 is 2.74 bits per heavy atom. The van der Waals surface area contributed by atoms with E-state index in [1.54, 1.807) is 0 Å². The Morgan fingerprint density at radius 1 is 1.35 bits per heavy atom. The molecule has 1 unspecified atom stereocenters. The van der Waals surface area contributed by atoms with E-state index in [1.807, 2.05) is 0 Å². The van der Waals surface area contributed by atoms with Crippen molar-refractivity contribution in [2.45, 2.75) is 38.6 Å². The molecule has 1 aliphatic rings. The predicted octanol–water partition coefficient (Wildman–Crippen LogP) is 2.98. The molecule has 2 N–H and O–H groups in total. The van der Waals surface area contributed by atoms with E-state index >= 15 is 0 Å². The van der Waals surface area contributed by atoms with Crippen LogP contribution in [0.2, 0.25) is 0 Å². The molecule has 0 saturated carbocycles. The number of carbonyl (C=O) groups excluding carboxylic acids is 1. The van der Waals surface area contributed by atoms with Gasteiger partial charge in [-0.15, -0.1) is 0 Å². The maximum absolute atomic E-state index is 11.8. The lowest BCUT2D eigenvalue weighted by Crippen LogP contribution is -2.39. The maximum atomic E-state index is 11.8. The SMILES string of the molecule is CC1CCCCN1CCCNC(=O)Nc1ccc([N+](=O)[O-])cc1. The number of nitro benzene ring substituents is 1. The Bertz CT molecular complexity index is 533. The van der Waals surface area contributed by atoms with Crippen LogP contribution in [-0.2, 0) is 0 Å². The van der Waals surface area contributed by atoms with Gasteiger partial charge in [0.05, 0.1) is 4.92 Å². The highest BCUT2D eigenvalue weighted by molar-refractivity contribution is 5.89. The molecule has 7 heteroatoms. The summed E-state index contributed by atoms with van der Waals surface area (Å²) >= 11 is 0. The Kier molecular flexibility index (Phi) is 6.34. The third-order valence-corrected chi connectivity index (χ3v) is 4.18. The summed E-state index contributed by atoms with van der Waals surface area (Å²) in [4.78, 5) is 24.3. The summed E-state index contributed by atoms with van der Waals surface area (Å²) in [6, 6.07) is 6.13. The molecule has 1 atom stereocenters. The van der Waals surface area contributed by atoms with Gasteiger partial charge in [-0.1, -0.05) is 6.42 Å². The van der Waals surface area contributed by atoms with Crippen LogP contribution in [0.15, 0.2) is 24.3 Å². The second-order valence-electron chi connectivity index (χ2n) is 5.92. The minimum absolute atomic E-state index is 0.00612. The monoisotopic (exact) mass is 320 g/mol. The van der Waals surface area contributed by atoms with Gasteiger partial charge in [0, 0.05) is 37.0 Å². The minimum atomic E-state index is -0.467. The van der Waals surface area contributed by atoms with E-state index in [0.717, 1.165) is 19.5 Å². The zero-order chi connectivity index (χ0) is 16.7. The highest BCUT2D eigenvalue weighted by atomic mass is 16.6. The molecule has 2 rings (SSSR count). The molecule has 1 aromatic rings. The maximum Gasteiger partial charge on any atom is 0.319 e. The number of hydrogen-bond donors (Lipinski definition) is 2. The van der Waals surface area contributed by atoms with Crippen molar-refractivity contribution in [2.75, 3.05) is 25.0 Å². The van der Waals surface area contributed by atoms with E-state index < -0.39 is 4.92 Å². The third kappa shape index (κ3) is 5.52. The van der Waals surface area contributed by atoms with Crippen LogP contribution in [0.3, 0.4) is 0 Å². The number of urea groups is 1. The fraction of sp³-hybridized carbons (Fsp3) is 0.562. The van der Waals surface area contributed by atoms with Crippen LogP contribution in [0.5, 0.6) is 0 Å². The fourth-order valence-electron chi connectivity index (χ4n) is 2.82.